The molecule has 6 nitrogen and oxygen atoms in total. The summed E-state index contributed by atoms with van der Waals surface area (Å²) in [6.07, 6.45) is 0.789. The van der Waals surface area contributed by atoms with Crippen molar-refractivity contribution in [3.05, 3.63) is 57.5 Å². The average Bonchev–Trinajstić information content (AvgIpc) is 2.98. The number of hydrogen-bond acceptors (Lipinski definition) is 4. The molecule has 0 fully saturated rings. The number of para-hydroxylation sites is 1. The lowest BCUT2D eigenvalue weighted by Crippen LogP contribution is -2.35. The van der Waals surface area contributed by atoms with E-state index in [4.69, 9.17) is 0 Å². The Morgan fingerprint density at radius 2 is 2.20 bits per heavy atom. The molecule has 0 spiro atoms. The smallest absolute Gasteiger partial charge is 0.267 e. The van der Waals surface area contributed by atoms with Gasteiger partial charge in [0.15, 0.2) is 5.82 Å². The minimum absolute atomic E-state index is 0.0567. The van der Waals surface area contributed by atoms with Crippen molar-refractivity contribution in [2.24, 2.45) is 0 Å². The van der Waals surface area contributed by atoms with Crippen molar-refractivity contribution < 1.29 is 4.39 Å². The molecule has 0 saturated carbocycles. The Kier molecular flexibility index (Phi) is 3.88. The second-order valence-corrected chi connectivity index (χ2v) is 6.77. The summed E-state index contributed by atoms with van der Waals surface area (Å²) in [5, 5.41) is 4.50. The molecule has 4 rings (SSSR count). The fourth-order valence-electron chi connectivity index (χ4n) is 3.31. The quantitative estimate of drug-likeness (QED) is 0.794. The maximum Gasteiger partial charge on any atom is 0.267 e. The third-order valence-electron chi connectivity index (χ3n) is 4.56. The van der Waals surface area contributed by atoms with Gasteiger partial charge >= 0.3 is 0 Å². The number of aromatic nitrogens is 4. The average molecular weight is 341 g/mol. The number of benzene rings is 1. The van der Waals surface area contributed by atoms with Crippen LogP contribution in [0.15, 0.2) is 29.1 Å². The van der Waals surface area contributed by atoms with E-state index in [0.29, 0.717) is 24.1 Å². The molecule has 0 radical (unpaired) electrons. The Balaban J connectivity index is 1.57. The van der Waals surface area contributed by atoms with E-state index >= 15 is 0 Å². The molecule has 1 aliphatic heterocycles. The summed E-state index contributed by atoms with van der Waals surface area (Å²) in [5.41, 5.74) is 2.96. The first-order valence-corrected chi connectivity index (χ1v) is 8.48. The Hall–Kier alpha value is -2.54. The molecule has 2 aromatic heterocycles. The molecule has 1 aliphatic rings. The lowest BCUT2D eigenvalue weighted by Gasteiger charge is -2.27. The van der Waals surface area contributed by atoms with Crippen molar-refractivity contribution >= 4 is 11.0 Å². The molecule has 1 aromatic carbocycles. The van der Waals surface area contributed by atoms with E-state index in [1.165, 1.54) is 10.7 Å². The monoisotopic (exact) mass is 341 g/mol. The molecule has 0 bridgehead atoms. The Bertz CT molecular complexity index is 991. The highest BCUT2D eigenvalue weighted by Crippen LogP contribution is 2.20. The fourth-order valence-corrected chi connectivity index (χ4v) is 3.31. The molecular weight excluding hydrogens is 321 g/mol. The van der Waals surface area contributed by atoms with Gasteiger partial charge in [0.05, 0.1) is 23.8 Å². The Labute approximate surface area is 144 Å². The molecular formula is C18H20FN5O. The predicted molar refractivity (Wildman–Crippen MR) is 92.8 cm³/mol. The first kappa shape index (κ1) is 16.0. The zero-order valence-electron chi connectivity index (χ0n) is 14.3. The van der Waals surface area contributed by atoms with Crippen molar-refractivity contribution in [3.63, 3.8) is 0 Å². The standard InChI is InChI=1S/C18H20FN5O/c1-11(2)24-17(25)8-12-9-23(7-6-14(12)22-24)10-16-20-15-5-3-4-13(19)18(15)21-16/h3-5,8,11H,6-7,9-10H2,1-2H3,(H,20,21). The fraction of sp³-hybridized carbons (Fsp3) is 0.389. The van der Waals surface area contributed by atoms with Crippen LogP contribution >= 0.6 is 0 Å². The molecule has 1 N–H and O–H groups in total. The van der Waals surface area contributed by atoms with Gasteiger partial charge in [-0.2, -0.15) is 5.10 Å². The second-order valence-electron chi connectivity index (χ2n) is 6.77. The van der Waals surface area contributed by atoms with Crippen LogP contribution in [-0.4, -0.2) is 31.2 Å². The van der Waals surface area contributed by atoms with Crippen molar-refractivity contribution in [1.29, 1.82) is 0 Å². The number of hydrogen-bond donors (Lipinski definition) is 1. The zero-order chi connectivity index (χ0) is 17.6. The highest BCUT2D eigenvalue weighted by atomic mass is 19.1. The van der Waals surface area contributed by atoms with E-state index in [1.807, 2.05) is 19.9 Å². The maximum absolute atomic E-state index is 13.8. The van der Waals surface area contributed by atoms with Gasteiger partial charge in [0.25, 0.3) is 5.56 Å². The molecule has 0 atom stereocenters. The lowest BCUT2D eigenvalue weighted by molar-refractivity contribution is 0.235. The molecule has 0 aliphatic carbocycles. The van der Waals surface area contributed by atoms with Crippen LogP contribution < -0.4 is 5.56 Å². The number of H-pyrrole nitrogens is 1. The summed E-state index contributed by atoms with van der Waals surface area (Å²) in [5.74, 6) is 0.412. The molecule has 0 unspecified atom stereocenters. The summed E-state index contributed by atoms with van der Waals surface area (Å²) in [4.78, 5) is 21.9. The van der Waals surface area contributed by atoms with Crippen LogP contribution in [0, 0.1) is 5.82 Å². The van der Waals surface area contributed by atoms with Crippen LogP contribution in [0.25, 0.3) is 11.0 Å². The summed E-state index contributed by atoms with van der Waals surface area (Å²) in [6.45, 7) is 5.97. The second kappa shape index (κ2) is 6.07. The van der Waals surface area contributed by atoms with Crippen LogP contribution in [0.3, 0.4) is 0 Å². The van der Waals surface area contributed by atoms with E-state index in [0.717, 1.165) is 30.0 Å². The van der Waals surface area contributed by atoms with E-state index in [2.05, 4.69) is 20.0 Å². The van der Waals surface area contributed by atoms with Gasteiger partial charge in [-0.25, -0.2) is 14.1 Å². The first-order chi connectivity index (χ1) is 12.0. The molecule has 3 aromatic rings. The highest BCUT2D eigenvalue weighted by Gasteiger charge is 2.21. The third kappa shape index (κ3) is 2.95. The van der Waals surface area contributed by atoms with Gasteiger partial charge < -0.3 is 4.98 Å². The summed E-state index contributed by atoms with van der Waals surface area (Å²) in [6, 6.07) is 6.64. The number of rotatable bonds is 3. The van der Waals surface area contributed by atoms with Gasteiger partial charge in [-0.15, -0.1) is 0 Å². The van der Waals surface area contributed by atoms with Gasteiger partial charge in [-0.05, 0) is 31.5 Å². The van der Waals surface area contributed by atoms with Crippen LogP contribution in [0.4, 0.5) is 4.39 Å². The van der Waals surface area contributed by atoms with Crippen molar-refractivity contribution in [3.8, 4) is 0 Å². The number of nitrogens with zero attached hydrogens (tertiary/aromatic N) is 4. The minimum atomic E-state index is -0.317. The minimum Gasteiger partial charge on any atom is -0.341 e. The lowest BCUT2D eigenvalue weighted by atomic mass is 10.1. The summed E-state index contributed by atoms with van der Waals surface area (Å²) in [7, 11) is 0. The number of aromatic amines is 1. The topological polar surface area (TPSA) is 66.8 Å². The molecule has 130 valence electrons. The number of fused-ring (bicyclic) bond motifs is 2. The van der Waals surface area contributed by atoms with Gasteiger partial charge in [0.2, 0.25) is 0 Å². The third-order valence-corrected chi connectivity index (χ3v) is 4.56. The molecule has 7 heteroatoms. The number of nitrogens with one attached hydrogen (secondary N) is 1. The van der Waals surface area contributed by atoms with Gasteiger partial charge in [0, 0.05) is 25.6 Å². The predicted octanol–water partition coefficient (Wildman–Crippen LogP) is 2.40. The molecule has 3 heterocycles. The zero-order valence-corrected chi connectivity index (χ0v) is 14.3. The summed E-state index contributed by atoms with van der Waals surface area (Å²) < 4.78 is 15.3. The Morgan fingerprint density at radius 3 is 2.96 bits per heavy atom. The van der Waals surface area contributed by atoms with Crippen LogP contribution in [0.1, 0.15) is 37.0 Å². The molecule has 25 heavy (non-hydrogen) atoms. The van der Waals surface area contributed by atoms with E-state index in [9.17, 15) is 9.18 Å². The normalized spacial score (nSPS) is 15.0. The van der Waals surface area contributed by atoms with E-state index in [-0.39, 0.29) is 17.4 Å². The van der Waals surface area contributed by atoms with Crippen molar-refractivity contribution in [2.45, 2.75) is 39.4 Å². The van der Waals surface area contributed by atoms with E-state index < -0.39 is 0 Å². The highest BCUT2D eigenvalue weighted by molar-refractivity contribution is 5.75. The van der Waals surface area contributed by atoms with Crippen LogP contribution in [-0.2, 0) is 19.5 Å². The van der Waals surface area contributed by atoms with Gasteiger partial charge in [-0.3, -0.25) is 9.69 Å². The molecule has 0 saturated heterocycles. The maximum atomic E-state index is 13.8. The van der Waals surface area contributed by atoms with Gasteiger partial charge in [-0.1, -0.05) is 6.07 Å². The Morgan fingerprint density at radius 1 is 1.36 bits per heavy atom. The van der Waals surface area contributed by atoms with Crippen molar-refractivity contribution in [1.82, 2.24) is 24.6 Å². The molecule has 0 amide bonds. The number of imidazole rings is 1. The van der Waals surface area contributed by atoms with Crippen LogP contribution in [0.2, 0.25) is 0 Å². The van der Waals surface area contributed by atoms with Gasteiger partial charge in [0.1, 0.15) is 11.3 Å². The SMILES string of the molecule is CC(C)n1nc2c(cc1=O)CN(Cc1nc3c(F)cccc3[nH]1)CC2. The van der Waals surface area contributed by atoms with Crippen molar-refractivity contribution in [2.75, 3.05) is 6.54 Å². The van der Waals surface area contributed by atoms with Crippen LogP contribution in [0.5, 0.6) is 0 Å². The first-order valence-electron chi connectivity index (χ1n) is 8.48. The number of halogens is 1. The largest absolute Gasteiger partial charge is 0.341 e. The summed E-state index contributed by atoms with van der Waals surface area (Å²) >= 11 is 0. The van der Waals surface area contributed by atoms with E-state index in [1.54, 1.807) is 12.1 Å².